The highest BCUT2D eigenvalue weighted by Gasteiger charge is 1.96. The average molecular weight is 198 g/mol. The lowest BCUT2D eigenvalue weighted by atomic mass is 10.2. The van der Waals surface area contributed by atoms with Crippen LogP contribution in [0.1, 0.15) is 26.2 Å². The number of rotatable bonds is 4. The maximum atomic E-state index is 10.9. The molecule has 0 aromatic carbocycles. The number of nitrogens with zero attached hydrogens (tertiary/aromatic N) is 2. The summed E-state index contributed by atoms with van der Waals surface area (Å²) in [5.74, 6) is 0. The van der Waals surface area contributed by atoms with Crippen molar-refractivity contribution in [1.82, 2.24) is 9.78 Å². The smallest absolute Gasteiger partial charge is 0.213 e. The molecule has 0 unspecified atom stereocenters. The molecule has 3 nitrogen and oxygen atoms in total. The zero-order chi connectivity index (χ0) is 9.68. The molecule has 1 rings (SSSR count). The fourth-order valence-electron chi connectivity index (χ4n) is 1.08. The molecule has 0 fully saturated rings. The predicted molar refractivity (Wildman–Crippen MR) is 55.3 cm³/mol. The number of unbranched alkanes of at least 4 members (excludes halogenated alkanes) is 2. The highest BCUT2D eigenvalue weighted by Crippen LogP contribution is 1.98. The SMILES string of the molecule is CCCCCn1ccc(=O)c(S)n1. The Kier molecular flexibility index (Phi) is 4.02. The van der Waals surface area contributed by atoms with Crippen LogP contribution < -0.4 is 5.43 Å². The molecule has 0 aliphatic heterocycles. The summed E-state index contributed by atoms with van der Waals surface area (Å²) in [4.78, 5) is 10.9. The first-order chi connectivity index (χ1) is 6.24. The van der Waals surface area contributed by atoms with Gasteiger partial charge in [0.05, 0.1) is 0 Å². The molecule has 0 atom stereocenters. The van der Waals surface area contributed by atoms with Gasteiger partial charge < -0.3 is 0 Å². The topological polar surface area (TPSA) is 34.9 Å². The zero-order valence-electron chi connectivity index (χ0n) is 7.73. The third-order valence-corrected chi connectivity index (χ3v) is 2.14. The van der Waals surface area contributed by atoms with E-state index in [0.717, 1.165) is 13.0 Å². The predicted octanol–water partition coefficient (Wildman–Crippen LogP) is 1.72. The second kappa shape index (κ2) is 5.07. The van der Waals surface area contributed by atoms with Gasteiger partial charge in [-0.15, -0.1) is 12.6 Å². The third kappa shape index (κ3) is 3.22. The second-order valence-corrected chi connectivity index (χ2v) is 3.40. The van der Waals surface area contributed by atoms with Gasteiger partial charge in [0.15, 0.2) is 5.03 Å². The van der Waals surface area contributed by atoms with Crippen LogP contribution in [0.25, 0.3) is 0 Å². The summed E-state index contributed by atoms with van der Waals surface area (Å²) in [6, 6.07) is 1.50. The first-order valence-corrected chi connectivity index (χ1v) is 4.95. The van der Waals surface area contributed by atoms with Crippen LogP contribution in [0.2, 0.25) is 0 Å². The van der Waals surface area contributed by atoms with Gasteiger partial charge in [0.2, 0.25) is 5.43 Å². The van der Waals surface area contributed by atoms with E-state index >= 15 is 0 Å². The van der Waals surface area contributed by atoms with E-state index in [4.69, 9.17) is 0 Å². The molecule has 0 saturated heterocycles. The maximum Gasteiger partial charge on any atom is 0.213 e. The minimum absolute atomic E-state index is 0.116. The van der Waals surface area contributed by atoms with Gasteiger partial charge in [-0.05, 0) is 6.42 Å². The van der Waals surface area contributed by atoms with Crippen molar-refractivity contribution in [3.05, 3.63) is 22.5 Å². The monoisotopic (exact) mass is 198 g/mol. The lowest BCUT2D eigenvalue weighted by Gasteiger charge is -2.03. The van der Waals surface area contributed by atoms with Gasteiger partial charge in [0.1, 0.15) is 0 Å². The van der Waals surface area contributed by atoms with Gasteiger partial charge in [0.25, 0.3) is 0 Å². The number of aromatic nitrogens is 2. The second-order valence-electron chi connectivity index (χ2n) is 2.97. The van der Waals surface area contributed by atoms with E-state index in [1.54, 1.807) is 10.9 Å². The fraction of sp³-hybridized carbons (Fsp3) is 0.556. The zero-order valence-corrected chi connectivity index (χ0v) is 8.63. The van der Waals surface area contributed by atoms with Crippen molar-refractivity contribution >= 4 is 12.6 Å². The summed E-state index contributed by atoms with van der Waals surface area (Å²) in [5.41, 5.74) is -0.116. The average Bonchev–Trinajstić information content (AvgIpc) is 2.12. The largest absolute Gasteiger partial charge is 0.287 e. The highest BCUT2D eigenvalue weighted by atomic mass is 32.1. The molecular formula is C9H14N2OS. The minimum Gasteiger partial charge on any atom is -0.287 e. The van der Waals surface area contributed by atoms with Crippen molar-refractivity contribution in [1.29, 1.82) is 0 Å². The van der Waals surface area contributed by atoms with E-state index in [0.29, 0.717) is 0 Å². The summed E-state index contributed by atoms with van der Waals surface area (Å²) >= 11 is 3.97. The van der Waals surface area contributed by atoms with Gasteiger partial charge in [0, 0.05) is 18.8 Å². The third-order valence-electron chi connectivity index (χ3n) is 1.83. The summed E-state index contributed by atoms with van der Waals surface area (Å²) in [7, 11) is 0. The Morgan fingerprint density at radius 2 is 2.31 bits per heavy atom. The van der Waals surface area contributed by atoms with Crippen LogP contribution in [0, 0.1) is 0 Å². The molecule has 0 saturated carbocycles. The molecule has 13 heavy (non-hydrogen) atoms. The molecule has 0 radical (unpaired) electrons. The van der Waals surface area contributed by atoms with Crippen molar-refractivity contribution in [2.75, 3.05) is 0 Å². The Bertz CT molecular complexity index is 322. The van der Waals surface area contributed by atoms with Gasteiger partial charge in [-0.3, -0.25) is 9.48 Å². The van der Waals surface area contributed by atoms with Gasteiger partial charge in [-0.25, -0.2) is 0 Å². The molecule has 4 heteroatoms. The number of hydrogen-bond donors (Lipinski definition) is 1. The van der Waals surface area contributed by atoms with Crippen molar-refractivity contribution in [2.45, 2.75) is 37.8 Å². The molecule has 72 valence electrons. The number of thiol groups is 1. The van der Waals surface area contributed by atoms with Gasteiger partial charge in [-0.2, -0.15) is 5.10 Å². The fourth-order valence-corrected chi connectivity index (χ4v) is 1.27. The molecule has 1 aromatic rings. The Balaban J connectivity index is 2.58. The molecule has 1 aromatic heterocycles. The molecule has 0 N–H and O–H groups in total. The molecule has 1 heterocycles. The van der Waals surface area contributed by atoms with Crippen molar-refractivity contribution in [3.63, 3.8) is 0 Å². The van der Waals surface area contributed by atoms with Crippen LogP contribution in [0.3, 0.4) is 0 Å². The standard InChI is InChI=1S/C9H14N2OS/c1-2-3-4-6-11-7-5-8(12)9(13)10-11/h5,7H,2-4,6H2,1H3,(H,10,13). The van der Waals surface area contributed by atoms with Crippen LogP contribution >= 0.6 is 12.6 Å². The summed E-state index contributed by atoms with van der Waals surface area (Å²) in [6.45, 7) is 3.02. The van der Waals surface area contributed by atoms with E-state index < -0.39 is 0 Å². The molecule has 0 amide bonds. The normalized spacial score (nSPS) is 10.3. The number of hydrogen-bond acceptors (Lipinski definition) is 3. The van der Waals surface area contributed by atoms with E-state index in [1.807, 2.05) is 0 Å². The first-order valence-electron chi connectivity index (χ1n) is 4.50. The molecule has 0 aliphatic carbocycles. The highest BCUT2D eigenvalue weighted by molar-refractivity contribution is 7.80. The molecule has 0 aliphatic rings. The van der Waals surface area contributed by atoms with Crippen molar-refractivity contribution in [3.8, 4) is 0 Å². The Hall–Kier alpha value is -0.770. The first kappa shape index (κ1) is 10.3. The van der Waals surface area contributed by atoms with E-state index in [1.165, 1.54) is 18.9 Å². The Morgan fingerprint density at radius 1 is 1.54 bits per heavy atom. The summed E-state index contributed by atoms with van der Waals surface area (Å²) in [5, 5.41) is 4.29. The minimum atomic E-state index is -0.116. The Morgan fingerprint density at radius 3 is 2.92 bits per heavy atom. The van der Waals surface area contributed by atoms with Crippen molar-refractivity contribution < 1.29 is 0 Å². The van der Waals surface area contributed by atoms with Crippen LogP contribution in [0.4, 0.5) is 0 Å². The van der Waals surface area contributed by atoms with Crippen LogP contribution in [0.15, 0.2) is 22.1 Å². The van der Waals surface area contributed by atoms with E-state index in [-0.39, 0.29) is 10.5 Å². The van der Waals surface area contributed by atoms with Crippen LogP contribution in [0.5, 0.6) is 0 Å². The quantitative estimate of drug-likeness (QED) is 0.590. The maximum absolute atomic E-state index is 10.9. The van der Waals surface area contributed by atoms with E-state index in [9.17, 15) is 4.79 Å². The lowest BCUT2D eigenvalue weighted by molar-refractivity contribution is 0.526. The van der Waals surface area contributed by atoms with Gasteiger partial charge >= 0.3 is 0 Å². The molecule has 0 spiro atoms. The molecule has 0 bridgehead atoms. The van der Waals surface area contributed by atoms with Crippen molar-refractivity contribution in [2.24, 2.45) is 0 Å². The van der Waals surface area contributed by atoms with Crippen LogP contribution in [-0.4, -0.2) is 9.78 Å². The summed E-state index contributed by atoms with van der Waals surface area (Å²) < 4.78 is 1.76. The molecular weight excluding hydrogens is 184 g/mol. The lowest BCUT2D eigenvalue weighted by Crippen LogP contribution is -2.11. The van der Waals surface area contributed by atoms with E-state index in [2.05, 4.69) is 24.7 Å². The summed E-state index contributed by atoms with van der Waals surface area (Å²) in [6.07, 6.45) is 5.18. The Labute approximate surface area is 83.2 Å². The van der Waals surface area contributed by atoms with Crippen LogP contribution in [-0.2, 0) is 6.54 Å². The van der Waals surface area contributed by atoms with Gasteiger partial charge in [-0.1, -0.05) is 19.8 Å². The number of aryl methyl sites for hydroxylation is 1.